The molecule has 1 aliphatic carbocycles. The molecule has 2 rings (SSSR count). The Morgan fingerprint density at radius 3 is 2.71 bits per heavy atom. The first kappa shape index (κ1) is 12.5. The fourth-order valence-electron chi connectivity index (χ4n) is 1.86. The van der Waals surface area contributed by atoms with Gasteiger partial charge in [-0.1, -0.05) is 36.4 Å². The van der Waals surface area contributed by atoms with Crippen LogP contribution in [-0.4, -0.2) is 8.96 Å². The molecule has 0 fully saturated rings. The lowest BCUT2D eigenvalue weighted by atomic mass is 9.94. The molecule has 0 saturated carbocycles. The summed E-state index contributed by atoms with van der Waals surface area (Å²) in [4.78, 5) is 0. The van der Waals surface area contributed by atoms with Crippen molar-refractivity contribution in [3.63, 3.8) is 0 Å². The van der Waals surface area contributed by atoms with Crippen molar-refractivity contribution in [2.75, 3.05) is 0 Å². The third kappa shape index (κ3) is 2.85. The Balaban J connectivity index is 2.20. The zero-order valence-electron chi connectivity index (χ0n) is 10.6. The molecule has 1 N–H and O–H groups in total. The number of fused-ring (bicyclic) bond motifs is 1. The topological polar surface area (TPSA) is 29.1 Å². The van der Waals surface area contributed by atoms with E-state index in [1.807, 2.05) is 32.9 Å². The molecule has 0 aliphatic heterocycles. The summed E-state index contributed by atoms with van der Waals surface area (Å²) in [5, 5.41) is 0. The van der Waals surface area contributed by atoms with E-state index in [1.54, 1.807) is 0 Å². The predicted molar refractivity (Wildman–Crippen MR) is 73.9 cm³/mol. The van der Waals surface area contributed by atoms with Gasteiger partial charge in [0.25, 0.3) is 0 Å². The van der Waals surface area contributed by atoms with Crippen molar-refractivity contribution in [3.05, 3.63) is 41.5 Å². The average Bonchev–Trinajstić information content (AvgIpc) is 2.28. The lowest BCUT2D eigenvalue weighted by Gasteiger charge is -2.26. The molecule has 0 spiro atoms. The van der Waals surface area contributed by atoms with Crippen LogP contribution in [0, 0.1) is 0 Å². The van der Waals surface area contributed by atoms with Crippen molar-refractivity contribution in [1.82, 2.24) is 4.72 Å². The quantitative estimate of drug-likeness (QED) is 0.857. The van der Waals surface area contributed by atoms with Crippen molar-refractivity contribution in [1.29, 1.82) is 0 Å². The first-order valence-corrected chi connectivity index (χ1v) is 7.07. The molecule has 1 aliphatic rings. The third-order valence-electron chi connectivity index (χ3n) is 2.85. The average molecular weight is 249 g/mol. The predicted octanol–water partition coefficient (Wildman–Crippen LogP) is 3.20. The van der Waals surface area contributed by atoms with E-state index in [-0.39, 0.29) is 10.8 Å². The number of hydrogen-bond acceptors (Lipinski definition) is 1. The normalized spacial score (nSPS) is 21.0. The second kappa shape index (κ2) is 4.75. The first-order valence-electron chi connectivity index (χ1n) is 5.92. The van der Waals surface area contributed by atoms with E-state index < -0.39 is 11.0 Å². The summed E-state index contributed by atoms with van der Waals surface area (Å²) in [6.07, 6.45) is 5.17. The van der Waals surface area contributed by atoms with Crippen LogP contribution in [0.3, 0.4) is 0 Å². The van der Waals surface area contributed by atoms with Crippen LogP contribution in [0.2, 0.25) is 0 Å². The lowest BCUT2D eigenvalue weighted by Crippen LogP contribution is -2.36. The van der Waals surface area contributed by atoms with Crippen LogP contribution in [0.25, 0.3) is 6.08 Å². The molecule has 1 aromatic carbocycles. The van der Waals surface area contributed by atoms with Gasteiger partial charge >= 0.3 is 0 Å². The standard InChI is InChI=1S/C14H19NOS/c1-14(2,3)17(16)15-13-10-6-8-11-7-4-5-9-12(11)13/h4-9,13,15H,10H2,1-3H3/t13-,17?/m0/s1. The van der Waals surface area contributed by atoms with E-state index in [4.69, 9.17) is 0 Å². The molecule has 2 atom stereocenters. The molecule has 0 aromatic heterocycles. The smallest absolute Gasteiger partial charge is 0.0976 e. The zero-order valence-corrected chi connectivity index (χ0v) is 11.4. The van der Waals surface area contributed by atoms with Gasteiger partial charge in [0, 0.05) is 6.04 Å². The second-order valence-corrected chi connectivity index (χ2v) is 7.32. The van der Waals surface area contributed by atoms with Gasteiger partial charge in [-0.25, -0.2) is 8.93 Å². The summed E-state index contributed by atoms with van der Waals surface area (Å²) in [6, 6.07) is 8.44. The van der Waals surface area contributed by atoms with Crippen LogP contribution < -0.4 is 4.72 Å². The van der Waals surface area contributed by atoms with Crippen molar-refractivity contribution in [2.45, 2.75) is 38.0 Å². The van der Waals surface area contributed by atoms with Gasteiger partial charge in [0.2, 0.25) is 0 Å². The van der Waals surface area contributed by atoms with Crippen LogP contribution in [0.1, 0.15) is 44.4 Å². The first-order chi connectivity index (χ1) is 7.98. The zero-order chi connectivity index (χ0) is 12.5. The largest absolute Gasteiger partial charge is 0.242 e. The van der Waals surface area contributed by atoms with Crippen LogP contribution in [0.15, 0.2) is 30.3 Å². The Kier molecular flexibility index (Phi) is 3.50. The maximum Gasteiger partial charge on any atom is 0.0976 e. The van der Waals surface area contributed by atoms with Gasteiger partial charge < -0.3 is 0 Å². The molecule has 3 heteroatoms. The van der Waals surface area contributed by atoms with E-state index >= 15 is 0 Å². The van der Waals surface area contributed by atoms with Crippen molar-refractivity contribution >= 4 is 17.1 Å². The Hall–Kier alpha value is -0.930. The highest BCUT2D eigenvalue weighted by Crippen LogP contribution is 2.28. The van der Waals surface area contributed by atoms with Crippen molar-refractivity contribution < 1.29 is 4.21 Å². The highest BCUT2D eigenvalue weighted by atomic mass is 32.2. The fraction of sp³-hybridized carbons (Fsp3) is 0.429. The summed E-state index contributed by atoms with van der Waals surface area (Å²) in [5.74, 6) is 0. The summed E-state index contributed by atoms with van der Waals surface area (Å²) in [5.41, 5.74) is 2.47. The molecule has 1 unspecified atom stereocenters. The number of benzene rings is 1. The van der Waals surface area contributed by atoms with E-state index in [0.717, 1.165) is 6.42 Å². The van der Waals surface area contributed by atoms with Crippen molar-refractivity contribution in [3.8, 4) is 0 Å². The van der Waals surface area contributed by atoms with Gasteiger partial charge in [-0.3, -0.25) is 0 Å². The summed E-state index contributed by atoms with van der Waals surface area (Å²) in [6.45, 7) is 5.96. The SMILES string of the molecule is CC(C)(C)S(=O)N[C@H]1CC=Cc2ccccc21. The second-order valence-electron chi connectivity index (χ2n) is 5.32. The van der Waals surface area contributed by atoms with E-state index in [9.17, 15) is 4.21 Å². The van der Waals surface area contributed by atoms with Gasteiger partial charge in [-0.2, -0.15) is 0 Å². The molecule has 2 nitrogen and oxygen atoms in total. The third-order valence-corrected chi connectivity index (χ3v) is 4.46. The molecular formula is C14H19NOS. The van der Waals surface area contributed by atoms with Crippen LogP contribution in [0.5, 0.6) is 0 Å². The molecule has 0 saturated heterocycles. The molecular weight excluding hydrogens is 230 g/mol. The lowest BCUT2D eigenvalue weighted by molar-refractivity contribution is 0.599. The summed E-state index contributed by atoms with van der Waals surface area (Å²) < 4.78 is 15.1. The minimum atomic E-state index is -1.03. The summed E-state index contributed by atoms with van der Waals surface area (Å²) >= 11 is 0. The molecule has 0 heterocycles. The minimum Gasteiger partial charge on any atom is -0.242 e. The number of hydrogen-bond donors (Lipinski definition) is 1. The molecule has 0 amide bonds. The van der Waals surface area contributed by atoms with Gasteiger partial charge in [0.15, 0.2) is 0 Å². The Bertz CT molecular complexity index is 460. The van der Waals surface area contributed by atoms with Crippen LogP contribution >= 0.6 is 0 Å². The number of nitrogens with one attached hydrogen (secondary N) is 1. The summed E-state index contributed by atoms with van der Waals surface area (Å²) in [7, 11) is -1.03. The van der Waals surface area contributed by atoms with Gasteiger partial charge in [-0.05, 0) is 38.3 Å². The van der Waals surface area contributed by atoms with Crippen LogP contribution in [-0.2, 0) is 11.0 Å². The molecule has 92 valence electrons. The van der Waals surface area contributed by atoms with E-state index in [0.29, 0.717) is 0 Å². The molecule has 17 heavy (non-hydrogen) atoms. The molecule has 0 bridgehead atoms. The van der Waals surface area contributed by atoms with Crippen LogP contribution in [0.4, 0.5) is 0 Å². The molecule has 0 radical (unpaired) electrons. The van der Waals surface area contributed by atoms with E-state index in [1.165, 1.54) is 11.1 Å². The Labute approximate surface area is 106 Å². The fourth-order valence-corrected chi connectivity index (χ4v) is 2.69. The minimum absolute atomic E-state index is 0.163. The number of rotatable bonds is 2. The highest BCUT2D eigenvalue weighted by molar-refractivity contribution is 7.84. The Morgan fingerprint density at radius 1 is 1.29 bits per heavy atom. The molecule has 1 aromatic rings. The van der Waals surface area contributed by atoms with Gasteiger partial charge in [0.1, 0.15) is 0 Å². The maximum atomic E-state index is 12.1. The highest BCUT2D eigenvalue weighted by Gasteiger charge is 2.24. The maximum absolute atomic E-state index is 12.1. The Morgan fingerprint density at radius 2 is 2.00 bits per heavy atom. The van der Waals surface area contributed by atoms with Crippen molar-refractivity contribution in [2.24, 2.45) is 0 Å². The monoisotopic (exact) mass is 249 g/mol. The van der Waals surface area contributed by atoms with Gasteiger partial charge in [-0.15, -0.1) is 0 Å². The van der Waals surface area contributed by atoms with E-state index in [2.05, 4.69) is 29.0 Å². The van der Waals surface area contributed by atoms with Gasteiger partial charge in [0.05, 0.1) is 15.7 Å².